The number of nitrogens with zero attached hydrogens (tertiary/aromatic N) is 1. The lowest BCUT2D eigenvalue weighted by Gasteiger charge is -2.36. The standard InChI is InChI=1S/C21H21ClN2/c22-18-8-3-7-17(15-18)21(24-13-11-23-12-14-24)20-10-4-6-16-5-1-2-9-19(16)20/h1-10,15,21,23H,11-14H2. The van der Waals surface area contributed by atoms with Crippen molar-refractivity contribution in [3.63, 3.8) is 0 Å². The number of nitrogens with one attached hydrogen (secondary N) is 1. The van der Waals surface area contributed by atoms with Crippen molar-refractivity contribution >= 4 is 22.4 Å². The first-order valence-corrected chi connectivity index (χ1v) is 8.88. The molecule has 1 aliphatic heterocycles. The van der Waals surface area contributed by atoms with Crippen LogP contribution in [-0.2, 0) is 0 Å². The molecule has 1 atom stereocenters. The van der Waals surface area contributed by atoms with Crippen LogP contribution in [0, 0.1) is 0 Å². The van der Waals surface area contributed by atoms with Gasteiger partial charge >= 0.3 is 0 Å². The molecule has 3 aromatic carbocycles. The van der Waals surface area contributed by atoms with Gasteiger partial charge in [0.15, 0.2) is 0 Å². The zero-order chi connectivity index (χ0) is 16.4. The molecule has 0 radical (unpaired) electrons. The molecule has 1 unspecified atom stereocenters. The van der Waals surface area contributed by atoms with Crippen molar-refractivity contribution in [3.8, 4) is 0 Å². The van der Waals surface area contributed by atoms with E-state index >= 15 is 0 Å². The van der Waals surface area contributed by atoms with Crippen molar-refractivity contribution in [3.05, 3.63) is 82.9 Å². The Labute approximate surface area is 148 Å². The summed E-state index contributed by atoms with van der Waals surface area (Å²) in [4.78, 5) is 2.56. The van der Waals surface area contributed by atoms with Gasteiger partial charge in [-0.2, -0.15) is 0 Å². The van der Waals surface area contributed by atoms with Crippen molar-refractivity contribution in [1.82, 2.24) is 10.2 Å². The number of benzene rings is 3. The molecule has 1 heterocycles. The molecule has 0 saturated carbocycles. The monoisotopic (exact) mass is 336 g/mol. The lowest BCUT2D eigenvalue weighted by Crippen LogP contribution is -2.45. The Morgan fingerprint density at radius 1 is 0.875 bits per heavy atom. The fraction of sp³-hybridized carbons (Fsp3) is 0.238. The van der Waals surface area contributed by atoms with E-state index in [2.05, 4.69) is 70.9 Å². The molecule has 0 bridgehead atoms. The van der Waals surface area contributed by atoms with Crippen LogP contribution in [0.1, 0.15) is 17.2 Å². The molecule has 4 rings (SSSR count). The van der Waals surface area contributed by atoms with Gasteiger partial charge in [0, 0.05) is 31.2 Å². The second-order valence-electron chi connectivity index (χ2n) is 6.31. The van der Waals surface area contributed by atoms with Crippen molar-refractivity contribution in [2.45, 2.75) is 6.04 Å². The number of piperazine rings is 1. The van der Waals surface area contributed by atoms with Crippen LogP contribution < -0.4 is 5.32 Å². The van der Waals surface area contributed by atoms with E-state index in [1.165, 1.54) is 21.9 Å². The van der Waals surface area contributed by atoms with E-state index in [4.69, 9.17) is 11.6 Å². The third kappa shape index (κ3) is 3.05. The van der Waals surface area contributed by atoms with Gasteiger partial charge in [0.2, 0.25) is 0 Å². The normalized spacial score (nSPS) is 17.0. The third-order valence-electron chi connectivity index (χ3n) is 4.80. The summed E-state index contributed by atoms with van der Waals surface area (Å²) in [6, 6.07) is 23.8. The number of rotatable bonds is 3. The summed E-state index contributed by atoms with van der Waals surface area (Å²) in [5, 5.41) is 6.86. The summed E-state index contributed by atoms with van der Waals surface area (Å²) in [6.07, 6.45) is 0. The van der Waals surface area contributed by atoms with Gasteiger partial charge in [-0.15, -0.1) is 0 Å². The van der Waals surface area contributed by atoms with Crippen molar-refractivity contribution in [2.24, 2.45) is 0 Å². The molecule has 2 nitrogen and oxygen atoms in total. The topological polar surface area (TPSA) is 15.3 Å². The smallest absolute Gasteiger partial charge is 0.0609 e. The summed E-state index contributed by atoms with van der Waals surface area (Å²) < 4.78 is 0. The van der Waals surface area contributed by atoms with Gasteiger partial charge in [-0.1, -0.05) is 66.2 Å². The van der Waals surface area contributed by atoms with E-state index in [9.17, 15) is 0 Å². The van der Waals surface area contributed by atoms with E-state index in [-0.39, 0.29) is 6.04 Å². The molecular weight excluding hydrogens is 316 g/mol. The predicted molar refractivity (Wildman–Crippen MR) is 102 cm³/mol. The van der Waals surface area contributed by atoms with Crippen LogP contribution in [0.25, 0.3) is 10.8 Å². The number of halogens is 1. The molecule has 3 heteroatoms. The Morgan fingerprint density at radius 2 is 1.62 bits per heavy atom. The molecule has 0 aromatic heterocycles. The van der Waals surface area contributed by atoms with Gasteiger partial charge in [-0.3, -0.25) is 4.90 Å². The lowest BCUT2D eigenvalue weighted by atomic mass is 9.92. The first-order chi connectivity index (χ1) is 11.8. The molecule has 1 fully saturated rings. The molecule has 1 N–H and O–H groups in total. The van der Waals surface area contributed by atoms with Crippen LogP contribution in [0.3, 0.4) is 0 Å². The molecule has 1 aliphatic rings. The zero-order valence-electron chi connectivity index (χ0n) is 13.6. The van der Waals surface area contributed by atoms with Gasteiger partial charge in [0.05, 0.1) is 6.04 Å². The summed E-state index contributed by atoms with van der Waals surface area (Å²) in [6.45, 7) is 4.14. The highest BCUT2D eigenvalue weighted by atomic mass is 35.5. The van der Waals surface area contributed by atoms with E-state index in [0.29, 0.717) is 0 Å². The van der Waals surface area contributed by atoms with Gasteiger partial charge in [-0.05, 0) is 34.0 Å². The summed E-state index contributed by atoms with van der Waals surface area (Å²) in [5.41, 5.74) is 2.62. The average molecular weight is 337 g/mol. The molecule has 1 saturated heterocycles. The van der Waals surface area contributed by atoms with E-state index in [1.807, 2.05) is 6.07 Å². The highest BCUT2D eigenvalue weighted by molar-refractivity contribution is 6.30. The highest BCUT2D eigenvalue weighted by Gasteiger charge is 2.25. The maximum atomic E-state index is 6.30. The fourth-order valence-corrected chi connectivity index (χ4v) is 3.89. The van der Waals surface area contributed by atoms with Crippen LogP contribution >= 0.6 is 11.6 Å². The second-order valence-corrected chi connectivity index (χ2v) is 6.75. The lowest BCUT2D eigenvalue weighted by molar-refractivity contribution is 0.199. The Kier molecular flexibility index (Phi) is 4.52. The second kappa shape index (κ2) is 6.94. The molecule has 3 aromatic rings. The van der Waals surface area contributed by atoms with Gasteiger partial charge in [0.1, 0.15) is 0 Å². The van der Waals surface area contributed by atoms with E-state index in [0.717, 1.165) is 31.2 Å². The van der Waals surface area contributed by atoms with Crippen LogP contribution in [0.4, 0.5) is 0 Å². The maximum absolute atomic E-state index is 6.30. The first-order valence-electron chi connectivity index (χ1n) is 8.51. The Morgan fingerprint density at radius 3 is 2.46 bits per heavy atom. The van der Waals surface area contributed by atoms with Gasteiger partial charge in [0.25, 0.3) is 0 Å². The van der Waals surface area contributed by atoms with Crippen molar-refractivity contribution in [1.29, 1.82) is 0 Å². The SMILES string of the molecule is Clc1cccc(C(c2cccc3ccccc23)N2CCNCC2)c1. The summed E-state index contributed by atoms with van der Waals surface area (Å²) in [7, 11) is 0. The number of hydrogen-bond acceptors (Lipinski definition) is 2. The minimum Gasteiger partial charge on any atom is -0.314 e. The summed E-state index contributed by atoms with van der Waals surface area (Å²) >= 11 is 6.30. The maximum Gasteiger partial charge on any atom is 0.0609 e. The predicted octanol–water partition coefficient (Wildman–Crippen LogP) is 4.49. The van der Waals surface area contributed by atoms with Crippen LogP contribution in [-0.4, -0.2) is 31.1 Å². The Balaban J connectivity index is 1.88. The number of hydrogen-bond donors (Lipinski definition) is 1. The van der Waals surface area contributed by atoms with Crippen LogP contribution in [0.2, 0.25) is 5.02 Å². The van der Waals surface area contributed by atoms with E-state index in [1.54, 1.807) is 0 Å². The minimum absolute atomic E-state index is 0.233. The number of fused-ring (bicyclic) bond motifs is 1. The van der Waals surface area contributed by atoms with E-state index < -0.39 is 0 Å². The Bertz CT molecular complexity index is 835. The largest absolute Gasteiger partial charge is 0.314 e. The van der Waals surface area contributed by atoms with Crippen molar-refractivity contribution in [2.75, 3.05) is 26.2 Å². The quantitative estimate of drug-likeness (QED) is 0.758. The fourth-order valence-electron chi connectivity index (χ4n) is 3.69. The van der Waals surface area contributed by atoms with Crippen molar-refractivity contribution < 1.29 is 0 Å². The minimum atomic E-state index is 0.233. The molecule has 0 amide bonds. The molecule has 0 spiro atoms. The Hall–Kier alpha value is -1.87. The van der Waals surface area contributed by atoms with Crippen LogP contribution in [0.5, 0.6) is 0 Å². The molecule has 122 valence electrons. The first kappa shape index (κ1) is 15.6. The average Bonchev–Trinajstić information content (AvgIpc) is 2.63. The highest BCUT2D eigenvalue weighted by Crippen LogP contribution is 2.34. The van der Waals surface area contributed by atoms with Crippen LogP contribution in [0.15, 0.2) is 66.7 Å². The zero-order valence-corrected chi connectivity index (χ0v) is 14.3. The molecule has 24 heavy (non-hydrogen) atoms. The molecule has 0 aliphatic carbocycles. The third-order valence-corrected chi connectivity index (χ3v) is 5.03. The van der Waals surface area contributed by atoms with Gasteiger partial charge < -0.3 is 5.32 Å². The van der Waals surface area contributed by atoms with Gasteiger partial charge in [-0.25, -0.2) is 0 Å². The molecular formula is C21H21ClN2. The summed E-state index contributed by atoms with van der Waals surface area (Å²) in [5.74, 6) is 0.